The molecule has 30 heavy (non-hydrogen) atoms. The Kier molecular flexibility index (Phi) is 6.61. The first-order valence-electron chi connectivity index (χ1n) is 9.69. The van der Waals surface area contributed by atoms with E-state index in [2.05, 4.69) is 59.0 Å². The molecule has 0 atom stereocenters. The summed E-state index contributed by atoms with van der Waals surface area (Å²) in [6.07, 6.45) is 0. The molecule has 0 spiro atoms. The Morgan fingerprint density at radius 2 is 1.83 bits per heavy atom. The highest BCUT2D eigenvalue weighted by Gasteiger charge is 2.17. The standard InChI is InChI=1S/C23H26BrN3O3/c1-15-6-11-19(18(24)12-15)29-14-21(28)27(5)13-20-25-26-22(30-20)16-7-9-17(10-8-16)23(2,3)4/h6-12H,13-14H2,1-5H3. The van der Waals surface area contributed by atoms with Crippen LogP contribution in [0.5, 0.6) is 5.75 Å². The lowest BCUT2D eigenvalue weighted by Crippen LogP contribution is -2.31. The fraction of sp³-hybridized carbons (Fsp3) is 0.348. The highest BCUT2D eigenvalue weighted by atomic mass is 79.9. The summed E-state index contributed by atoms with van der Waals surface area (Å²) in [5.74, 6) is 1.25. The number of likely N-dealkylation sites (N-methyl/N-ethyl adjacent to an activating group) is 1. The van der Waals surface area contributed by atoms with Gasteiger partial charge in [-0.05, 0) is 63.7 Å². The molecular formula is C23H26BrN3O3. The van der Waals surface area contributed by atoms with Crippen LogP contribution in [0, 0.1) is 6.92 Å². The van der Waals surface area contributed by atoms with Gasteiger partial charge in [0.05, 0.1) is 11.0 Å². The van der Waals surface area contributed by atoms with Crippen LogP contribution in [0.1, 0.15) is 37.8 Å². The molecule has 0 N–H and O–H groups in total. The minimum Gasteiger partial charge on any atom is -0.483 e. The lowest BCUT2D eigenvalue weighted by Gasteiger charge is -2.18. The summed E-state index contributed by atoms with van der Waals surface area (Å²) in [6, 6.07) is 13.8. The van der Waals surface area contributed by atoms with Gasteiger partial charge in [0.25, 0.3) is 5.91 Å². The van der Waals surface area contributed by atoms with Crippen LogP contribution in [0.25, 0.3) is 11.5 Å². The Bertz CT molecular complexity index is 1020. The van der Waals surface area contributed by atoms with Crippen LogP contribution < -0.4 is 4.74 Å². The van der Waals surface area contributed by atoms with E-state index in [1.54, 1.807) is 7.05 Å². The van der Waals surface area contributed by atoms with Gasteiger partial charge in [0.15, 0.2) is 6.61 Å². The largest absolute Gasteiger partial charge is 0.483 e. The van der Waals surface area contributed by atoms with Gasteiger partial charge in [-0.25, -0.2) is 0 Å². The van der Waals surface area contributed by atoms with E-state index in [-0.39, 0.29) is 24.5 Å². The SMILES string of the molecule is Cc1ccc(OCC(=O)N(C)Cc2nnc(-c3ccc(C(C)(C)C)cc3)o2)c(Br)c1. The number of carbonyl (C=O) groups is 1. The molecule has 3 aromatic rings. The van der Waals surface area contributed by atoms with Crippen LogP contribution in [0.15, 0.2) is 51.4 Å². The molecule has 0 aliphatic rings. The molecule has 0 fully saturated rings. The van der Waals surface area contributed by atoms with Gasteiger partial charge in [0.2, 0.25) is 11.8 Å². The zero-order chi connectivity index (χ0) is 21.9. The van der Waals surface area contributed by atoms with Crippen molar-refractivity contribution in [3.05, 3.63) is 64.0 Å². The van der Waals surface area contributed by atoms with Gasteiger partial charge < -0.3 is 14.1 Å². The van der Waals surface area contributed by atoms with E-state index < -0.39 is 0 Å². The summed E-state index contributed by atoms with van der Waals surface area (Å²) in [5.41, 5.74) is 3.27. The fourth-order valence-electron chi connectivity index (χ4n) is 2.81. The summed E-state index contributed by atoms with van der Waals surface area (Å²) < 4.78 is 12.2. The molecule has 0 aliphatic carbocycles. The predicted molar refractivity (Wildman–Crippen MR) is 119 cm³/mol. The average molecular weight is 472 g/mol. The third kappa shape index (κ3) is 5.48. The van der Waals surface area contributed by atoms with Crippen molar-refractivity contribution in [1.29, 1.82) is 0 Å². The van der Waals surface area contributed by atoms with Crippen LogP contribution in [0.4, 0.5) is 0 Å². The molecule has 0 saturated heterocycles. The molecule has 0 aliphatic heterocycles. The van der Waals surface area contributed by atoms with Gasteiger partial charge in [-0.15, -0.1) is 10.2 Å². The van der Waals surface area contributed by atoms with E-state index in [0.717, 1.165) is 15.6 Å². The maximum atomic E-state index is 12.4. The number of hydrogen-bond donors (Lipinski definition) is 0. The lowest BCUT2D eigenvalue weighted by atomic mass is 9.87. The van der Waals surface area contributed by atoms with Crippen molar-refractivity contribution in [1.82, 2.24) is 15.1 Å². The molecule has 1 amide bonds. The second-order valence-electron chi connectivity index (χ2n) is 8.30. The Morgan fingerprint density at radius 3 is 2.47 bits per heavy atom. The van der Waals surface area contributed by atoms with Crippen molar-refractivity contribution in [3.8, 4) is 17.2 Å². The molecule has 3 rings (SSSR count). The van der Waals surface area contributed by atoms with Crippen LogP contribution in [-0.4, -0.2) is 34.7 Å². The monoisotopic (exact) mass is 471 g/mol. The molecule has 6 nitrogen and oxygen atoms in total. The number of amides is 1. The Morgan fingerprint density at radius 1 is 1.13 bits per heavy atom. The number of aryl methyl sites for hydroxylation is 1. The van der Waals surface area contributed by atoms with Crippen molar-refractivity contribution in [2.45, 2.75) is 39.7 Å². The van der Waals surface area contributed by atoms with Crippen molar-refractivity contribution in [3.63, 3.8) is 0 Å². The van der Waals surface area contributed by atoms with E-state index >= 15 is 0 Å². The van der Waals surface area contributed by atoms with Gasteiger partial charge in [0.1, 0.15) is 5.75 Å². The van der Waals surface area contributed by atoms with E-state index in [1.165, 1.54) is 10.5 Å². The van der Waals surface area contributed by atoms with Crippen molar-refractivity contribution in [2.75, 3.05) is 13.7 Å². The number of rotatable bonds is 6. The summed E-state index contributed by atoms with van der Waals surface area (Å²) in [7, 11) is 1.68. The number of hydrogen-bond acceptors (Lipinski definition) is 5. The van der Waals surface area contributed by atoms with Crippen molar-refractivity contribution in [2.24, 2.45) is 0 Å². The zero-order valence-corrected chi connectivity index (χ0v) is 19.5. The van der Waals surface area contributed by atoms with E-state index in [0.29, 0.717) is 17.5 Å². The Labute approximate surface area is 185 Å². The van der Waals surface area contributed by atoms with E-state index in [9.17, 15) is 4.79 Å². The average Bonchev–Trinajstić information content (AvgIpc) is 3.15. The van der Waals surface area contributed by atoms with Gasteiger partial charge >= 0.3 is 0 Å². The number of halogens is 1. The van der Waals surface area contributed by atoms with E-state index in [4.69, 9.17) is 9.15 Å². The van der Waals surface area contributed by atoms with Crippen molar-refractivity contribution < 1.29 is 13.9 Å². The van der Waals surface area contributed by atoms with Crippen LogP contribution in [0.2, 0.25) is 0 Å². The molecule has 0 saturated carbocycles. The number of aromatic nitrogens is 2. The molecule has 2 aromatic carbocycles. The third-order valence-electron chi connectivity index (χ3n) is 4.70. The summed E-state index contributed by atoms with van der Waals surface area (Å²) in [6.45, 7) is 8.63. The second kappa shape index (κ2) is 9.00. The molecule has 0 radical (unpaired) electrons. The normalized spacial score (nSPS) is 11.4. The minimum absolute atomic E-state index is 0.0760. The van der Waals surface area contributed by atoms with Gasteiger partial charge in [-0.3, -0.25) is 4.79 Å². The minimum atomic E-state index is -0.184. The van der Waals surface area contributed by atoms with Crippen LogP contribution in [0.3, 0.4) is 0 Å². The first kappa shape index (κ1) is 22.0. The maximum Gasteiger partial charge on any atom is 0.260 e. The summed E-state index contributed by atoms with van der Waals surface area (Å²) in [4.78, 5) is 13.9. The Balaban J connectivity index is 1.58. The summed E-state index contributed by atoms with van der Waals surface area (Å²) in [5, 5.41) is 8.18. The molecule has 0 unspecified atom stereocenters. The molecule has 7 heteroatoms. The number of ether oxygens (including phenoxy) is 1. The first-order valence-corrected chi connectivity index (χ1v) is 10.5. The number of carbonyl (C=O) groups excluding carboxylic acids is 1. The zero-order valence-electron chi connectivity index (χ0n) is 17.9. The van der Waals surface area contributed by atoms with Crippen LogP contribution >= 0.6 is 15.9 Å². The third-order valence-corrected chi connectivity index (χ3v) is 5.32. The van der Waals surface area contributed by atoms with Gasteiger partial charge in [-0.1, -0.05) is 39.0 Å². The van der Waals surface area contributed by atoms with Crippen LogP contribution in [-0.2, 0) is 16.8 Å². The highest BCUT2D eigenvalue weighted by molar-refractivity contribution is 9.10. The predicted octanol–water partition coefficient (Wildman–Crippen LogP) is 5.14. The number of nitrogens with zero attached hydrogens (tertiary/aromatic N) is 3. The quantitative estimate of drug-likeness (QED) is 0.497. The molecule has 158 valence electrons. The molecular weight excluding hydrogens is 446 g/mol. The topological polar surface area (TPSA) is 68.5 Å². The molecule has 1 aromatic heterocycles. The second-order valence-corrected chi connectivity index (χ2v) is 9.15. The number of benzene rings is 2. The van der Waals surface area contributed by atoms with E-state index in [1.807, 2.05) is 37.3 Å². The van der Waals surface area contributed by atoms with Crippen molar-refractivity contribution >= 4 is 21.8 Å². The Hall–Kier alpha value is -2.67. The molecule has 0 bridgehead atoms. The maximum absolute atomic E-state index is 12.4. The summed E-state index contributed by atoms with van der Waals surface area (Å²) >= 11 is 3.44. The van der Waals surface area contributed by atoms with Gasteiger partial charge in [0, 0.05) is 12.6 Å². The smallest absolute Gasteiger partial charge is 0.260 e. The molecule has 1 heterocycles. The highest BCUT2D eigenvalue weighted by Crippen LogP contribution is 2.27. The first-order chi connectivity index (χ1) is 14.1. The van der Waals surface area contributed by atoms with Gasteiger partial charge in [-0.2, -0.15) is 0 Å². The fourth-order valence-corrected chi connectivity index (χ4v) is 3.42. The lowest BCUT2D eigenvalue weighted by molar-refractivity contribution is -0.132.